The summed E-state index contributed by atoms with van der Waals surface area (Å²) in [5.74, 6) is 0.0272. The van der Waals surface area contributed by atoms with Gasteiger partial charge in [0.15, 0.2) is 12.1 Å². The van der Waals surface area contributed by atoms with E-state index < -0.39 is 37.3 Å². The predicted octanol–water partition coefficient (Wildman–Crippen LogP) is -0.573. The molecule has 0 bridgehead atoms. The molecule has 7 heteroatoms. The highest BCUT2D eigenvalue weighted by atomic mass is 16.6. The topological polar surface area (TPSA) is 119 Å². The van der Waals surface area contributed by atoms with Gasteiger partial charge in [0.05, 0.1) is 6.61 Å². The van der Waals surface area contributed by atoms with Crippen LogP contribution in [0.25, 0.3) is 5.57 Å². The number of aliphatic hydroxyl groups is 4. The Kier molecular flexibility index (Phi) is 4.71. The standard InChI is InChI=1S/C17H21NO6/c1-8-4-11(20)6-9-5-10(2-3-12(8)9)18-14-16(22)15(21)13(7-19)24-17(14)23/h2-5,13-19,21-23H,6-7H2,1H3/t13?,14?,15-,16-,17-/m0/s1. The summed E-state index contributed by atoms with van der Waals surface area (Å²) < 4.78 is 5.12. The van der Waals surface area contributed by atoms with Gasteiger partial charge in [-0.25, -0.2) is 0 Å². The van der Waals surface area contributed by atoms with E-state index in [1.807, 2.05) is 13.0 Å². The molecule has 2 unspecified atom stereocenters. The van der Waals surface area contributed by atoms with E-state index in [-0.39, 0.29) is 5.78 Å². The van der Waals surface area contributed by atoms with Crippen LogP contribution in [0, 0.1) is 0 Å². The third-order valence-electron chi connectivity index (χ3n) is 4.51. The molecule has 0 spiro atoms. The summed E-state index contributed by atoms with van der Waals surface area (Å²) in [6.45, 7) is 1.37. The van der Waals surface area contributed by atoms with Crippen LogP contribution in [0.5, 0.6) is 0 Å². The molecular formula is C17H21NO6. The van der Waals surface area contributed by atoms with Gasteiger partial charge in [0, 0.05) is 12.1 Å². The molecule has 24 heavy (non-hydrogen) atoms. The number of fused-ring (bicyclic) bond motifs is 1. The van der Waals surface area contributed by atoms with Crippen molar-refractivity contribution in [1.82, 2.24) is 0 Å². The first-order valence-corrected chi connectivity index (χ1v) is 7.82. The largest absolute Gasteiger partial charge is 0.394 e. The van der Waals surface area contributed by atoms with Gasteiger partial charge in [-0.15, -0.1) is 0 Å². The Bertz CT molecular complexity index is 673. The zero-order valence-corrected chi connectivity index (χ0v) is 13.2. The average molecular weight is 335 g/mol. The van der Waals surface area contributed by atoms with Gasteiger partial charge < -0.3 is 30.5 Å². The van der Waals surface area contributed by atoms with E-state index in [4.69, 9.17) is 9.84 Å². The summed E-state index contributed by atoms with van der Waals surface area (Å²) in [5.41, 5.74) is 3.34. The highest BCUT2D eigenvalue weighted by Crippen LogP contribution is 2.29. The molecule has 1 saturated heterocycles. The first kappa shape index (κ1) is 17.1. The predicted molar refractivity (Wildman–Crippen MR) is 86.2 cm³/mol. The second kappa shape index (κ2) is 6.62. The lowest BCUT2D eigenvalue weighted by Crippen LogP contribution is -2.61. The highest BCUT2D eigenvalue weighted by molar-refractivity contribution is 6.01. The number of ketones is 1. The van der Waals surface area contributed by atoms with Gasteiger partial charge in [0.25, 0.3) is 0 Å². The Morgan fingerprint density at radius 2 is 2.00 bits per heavy atom. The monoisotopic (exact) mass is 335 g/mol. The summed E-state index contributed by atoms with van der Waals surface area (Å²) in [6.07, 6.45) is -3.15. The van der Waals surface area contributed by atoms with Crippen LogP contribution < -0.4 is 5.32 Å². The van der Waals surface area contributed by atoms with Gasteiger partial charge in [0.2, 0.25) is 0 Å². The number of anilines is 1. The number of hydrogen-bond donors (Lipinski definition) is 5. The molecule has 1 heterocycles. The minimum absolute atomic E-state index is 0.0272. The summed E-state index contributed by atoms with van der Waals surface area (Å²) in [5, 5.41) is 42.1. The fraction of sp³-hybridized carbons (Fsp3) is 0.471. The molecule has 1 aromatic rings. The van der Waals surface area contributed by atoms with Crippen molar-refractivity contribution in [2.24, 2.45) is 0 Å². The molecule has 1 aromatic carbocycles. The molecule has 1 fully saturated rings. The lowest BCUT2D eigenvalue weighted by atomic mass is 9.90. The van der Waals surface area contributed by atoms with Crippen LogP contribution in [0.3, 0.4) is 0 Å². The van der Waals surface area contributed by atoms with Gasteiger partial charge in [-0.1, -0.05) is 6.07 Å². The third-order valence-corrected chi connectivity index (χ3v) is 4.51. The molecule has 3 rings (SSSR count). The minimum Gasteiger partial charge on any atom is -0.394 e. The second-order valence-electron chi connectivity index (χ2n) is 6.24. The average Bonchev–Trinajstić information content (AvgIpc) is 2.54. The van der Waals surface area contributed by atoms with Gasteiger partial charge >= 0.3 is 0 Å². The third kappa shape index (κ3) is 3.09. The van der Waals surface area contributed by atoms with Gasteiger partial charge in [-0.3, -0.25) is 4.79 Å². The summed E-state index contributed by atoms with van der Waals surface area (Å²) in [7, 11) is 0. The number of carbonyl (C=O) groups excluding carboxylic acids is 1. The number of benzene rings is 1. The van der Waals surface area contributed by atoms with Gasteiger partial charge in [-0.2, -0.15) is 0 Å². The maximum Gasteiger partial charge on any atom is 0.178 e. The summed E-state index contributed by atoms with van der Waals surface area (Å²) >= 11 is 0. The molecule has 130 valence electrons. The molecule has 1 aliphatic heterocycles. The number of aliphatic hydroxyl groups excluding tert-OH is 4. The molecule has 0 saturated carbocycles. The highest BCUT2D eigenvalue weighted by Gasteiger charge is 2.43. The maximum absolute atomic E-state index is 11.7. The molecule has 0 aromatic heterocycles. The number of carbonyl (C=O) groups is 1. The Morgan fingerprint density at radius 1 is 1.25 bits per heavy atom. The molecule has 5 N–H and O–H groups in total. The maximum atomic E-state index is 11.7. The second-order valence-corrected chi connectivity index (χ2v) is 6.24. The van der Waals surface area contributed by atoms with E-state index >= 15 is 0 Å². The number of allylic oxidation sites excluding steroid dienone is 2. The van der Waals surface area contributed by atoms with Gasteiger partial charge in [-0.05, 0) is 41.8 Å². The van der Waals surface area contributed by atoms with Crippen molar-refractivity contribution in [3.05, 3.63) is 35.4 Å². The summed E-state index contributed by atoms with van der Waals surface area (Å²) in [6, 6.07) is 4.46. The summed E-state index contributed by atoms with van der Waals surface area (Å²) in [4.78, 5) is 11.7. The number of ether oxygens (including phenoxy) is 1. The Balaban J connectivity index is 1.80. The molecule has 2 aliphatic rings. The van der Waals surface area contributed by atoms with Gasteiger partial charge in [0.1, 0.15) is 24.4 Å². The van der Waals surface area contributed by atoms with Crippen LogP contribution in [0.1, 0.15) is 18.1 Å². The van der Waals surface area contributed by atoms with Crippen molar-refractivity contribution in [1.29, 1.82) is 0 Å². The van der Waals surface area contributed by atoms with Crippen LogP contribution in [-0.4, -0.2) is 63.5 Å². The number of nitrogens with one attached hydrogen (secondary N) is 1. The quantitative estimate of drug-likeness (QED) is 0.502. The lowest BCUT2D eigenvalue weighted by molar-refractivity contribution is -0.245. The van der Waals surface area contributed by atoms with E-state index in [1.54, 1.807) is 18.2 Å². The van der Waals surface area contributed by atoms with E-state index in [0.717, 1.165) is 16.7 Å². The van der Waals surface area contributed by atoms with Crippen LogP contribution in [0.4, 0.5) is 5.69 Å². The molecule has 0 radical (unpaired) electrons. The van der Waals surface area contributed by atoms with E-state index in [1.165, 1.54) is 0 Å². The van der Waals surface area contributed by atoms with Crippen molar-refractivity contribution >= 4 is 17.0 Å². The number of rotatable bonds is 3. The van der Waals surface area contributed by atoms with Crippen molar-refractivity contribution in [3.8, 4) is 0 Å². The van der Waals surface area contributed by atoms with Crippen molar-refractivity contribution in [3.63, 3.8) is 0 Å². The zero-order chi connectivity index (χ0) is 17.4. The van der Waals surface area contributed by atoms with Crippen molar-refractivity contribution in [2.45, 2.75) is 44.0 Å². The lowest BCUT2D eigenvalue weighted by Gasteiger charge is -2.40. The molecule has 5 atom stereocenters. The van der Waals surface area contributed by atoms with Crippen LogP contribution in [0.2, 0.25) is 0 Å². The minimum atomic E-state index is -1.39. The first-order chi connectivity index (χ1) is 11.4. The van der Waals surface area contributed by atoms with Crippen LogP contribution in [0.15, 0.2) is 24.3 Å². The smallest absolute Gasteiger partial charge is 0.178 e. The first-order valence-electron chi connectivity index (χ1n) is 7.82. The molecule has 1 aliphatic carbocycles. The van der Waals surface area contributed by atoms with Crippen molar-refractivity contribution < 1.29 is 30.0 Å². The normalized spacial score (nSPS) is 33.0. The van der Waals surface area contributed by atoms with Crippen molar-refractivity contribution in [2.75, 3.05) is 11.9 Å². The molecular weight excluding hydrogens is 314 g/mol. The van der Waals surface area contributed by atoms with E-state index in [9.17, 15) is 20.1 Å². The molecule has 0 amide bonds. The van der Waals surface area contributed by atoms with Crippen LogP contribution in [-0.2, 0) is 16.0 Å². The Hall–Kier alpha value is -1.77. The SMILES string of the molecule is CC1=CC(=O)Cc2cc(NC3[C@@H](O)OC(CO)[C@H](O)[C@H]3O)ccc21. The fourth-order valence-corrected chi connectivity index (χ4v) is 3.22. The zero-order valence-electron chi connectivity index (χ0n) is 13.2. The number of hydrogen-bond acceptors (Lipinski definition) is 7. The molecule has 7 nitrogen and oxygen atoms in total. The van der Waals surface area contributed by atoms with E-state index in [0.29, 0.717) is 12.1 Å². The Labute approximate surface area is 139 Å². The fourth-order valence-electron chi connectivity index (χ4n) is 3.22. The Morgan fingerprint density at radius 3 is 2.71 bits per heavy atom. The van der Waals surface area contributed by atoms with E-state index in [2.05, 4.69) is 5.32 Å². The van der Waals surface area contributed by atoms with Crippen LogP contribution >= 0.6 is 0 Å².